The van der Waals surface area contributed by atoms with Gasteiger partial charge in [0.25, 0.3) is 0 Å². The average Bonchev–Trinajstić information content (AvgIpc) is 2.80. The Kier molecular flexibility index (Phi) is 23.5. The number of carbonyl (C=O) groups excluding carboxylic acids is 3. The highest BCUT2D eigenvalue weighted by Crippen LogP contribution is 2.23. The molecule has 0 unspecified atom stereocenters. The summed E-state index contributed by atoms with van der Waals surface area (Å²) in [5.41, 5.74) is 9.68. The highest BCUT2D eigenvalue weighted by molar-refractivity contribution is 6.30. The molecular formula is C24H36ClNO3. The number of aryl methyl sites for hydroxylation is 3. The summed E-state index contributed by atoms with van der Waals surface area (Å²) >= 11 is 5.88. The van der Waals surface area contributed by atoms with Crippen LogP contribution in [-0.2, 0) is 22.4 Å². The number of hydrogen-bond acceptors (Lipinski definition) is 3. The van der Waals surface area contributed by atoms with Crippen molar-refractivity contribution in [3.63, 3.8) is 0 Å². The van der Waals surface area contributed by atoms with Crippen molar-refractivity contribution in [2.45, 2.75) is 60.3 Å². The van der Waals surface area contributed by atoms with Crippen LogP contribution in [0.25, 0.3) is 0 Å². The van der Waals surface area contributed by atoms with Gasteiger partial charge in [0.2, 0.25) is 5.91 Å². The van der Waals surface area contributed by atoms with Crippen LogP contribution in [0.1, 0.15) is 67.6 Å². The summed E-state index contributed by atoms with van der Waals surface area (Å²) < 4.78 is 0. The first-order chi connectivity index (χ1) is 14.1. The first kappa shape index (κ1) is 31.2. The van der Waals surface area contributed by atoms with Crippen LogP contribution in [0.2, 0.25) is 5.02 Å². The van der Waals surface area contributed by atoms with E-state index in [1.807, 2.05) is 66.4 Å². The Morgan fingerprint density at radius 2 is 1.28 bits per heavy atom. The molecule has 2 N–H and O–H groups in total. The van der Waals surface area contributed by atoms with E-state index in [2.05, 4.69) is 12.1 Å². The standard InChI is InChI=1S/C10H11Cl.C8H9NO.2C2H6.2CH2O/c11-10-6-5-8-3-1-2-4-9(8)7-10;1-6-2-4-7(5-3-6)8(9)10;4*1-2/h5-7H,1-4H2;2-5H,1H3,(H2,9,10);2*1-2H3;2*1H2. The molecule has 4 nitrogen and oxygen atoms in total. The van der Waals surface area contributed by atoms with Gasteiger partial charge in [-0.3, -0.25) is 4.79 Å². The van der Waals surface area contributed by atoms with Crippen LogP contribution < -0.4 is 5.73 Å². The molecule has 162 valence electrons. The van der Waals surface area contributed by atoms with E-state index in [9.17, 15) is 4.79 Å². The number of primary amides is 1. The fraction of sp³-hybridized carbons (Fsp3) is 0.375. The van der Waals surface area contributed by atoms with Crippen molar-refractivity contribution in [2.24, 2.45) is 5.73 Å². The van der Waals surface area contributed by atoms with Crippen molar-refractivity contribution in [3.8, 4) is 0 Å². The number of fused-ring (bicyclic) bond motifs is 1. The van der Waals surface area contributed by atoms with Crippen LogP contribution in [0.5, 0.6) is 0 Å². The number of amides is 1. The zero-order valence-corrected chi connectivity index (χ0v) is 19.2. The van der Waals surface area contributed by atoms with Crippen molar-refractivity contribution in [1.82, 2.24) is 0 Å². The van der Waals surface area contributed by atoms with E-state index in [0.717, 1.165) is 10.6 Å². The van der Waals surface area contributed by atoms with Gasteiger partial charge in [0, 0.05) is 10.6 Å². The van der Waals surface area contributed by atoms with Gasteiger partial charge >= 0.3 is 0 Å². The largest absolute Gasteiger partial charge is 0.366 e. The van der Waals surface area contributed by atoms with E-state index < -0.39 is 0 Å². The van der Waals surface area contributed by atoms with Crippen LogP contribution in [0.15, 0.2) is 42.5 Å². The predicted molar refractivity (Wildman–Crippen MR) is 125 cm³/mol. The lowest BCUT2D eigenvalue weighted by molar-refractivity contribution is -0.0987. The maximum atomic E-state index is 10.5. The minimum atomic E-state index is -0.375. The fourth-order valence-corrected chi connectivity index (χ4v) is 2.61. The Morgan fingerprint density at radius 3 is 1.72 bits per heavy atom. The minimum Gasteiger partial charge on any atom is -0.366 e. The van der Waals surface area contributed by atoms with Gasteiger partial charge in [-0.15, -0.1) is 0 Å². The first-order valence-electron chi connectivity index (χ1n) is 9.78. The van der Waals surface area contributed by atoms with Crippen molar-refractivity contribution in [1.29, 1.82) is 0 Å². The molecule has 0 heterocycles. The van der Waals surface area contributed by atoms with Crippen LogP contribution in [-0.4, -0.2) is 19.5 Å². The van der Waals surface area contributed by atoms with Crippen LogP contribution in [0.3, 0.4) is 0 Å². The highest BCUT2D eigenvalue weighted by atomic mass is 35.5. The summed E-state index contributed by atoms with van der Waals surface area (Å²) in [7, 11) is 0. The third kappa shape index (κ3) is 14.2. The third-order valence-electron chi connectivity index (χ3n) is 3.65. The molecule has 0 saturated heterocycles. The van der Waals surface area contributed by atoms with Crippen LogP contribution in [0, 0.1) is 6.92 Å². The smallest absolute Gasteiger partial charge is 0.248 e. The molecule has 0 saturated carbocycles. The highest BCUT2D eigenvalue weighted by Gasteiger charge is 2.08. The summed E-state index contributed by atoms with van der Waals surface area (Å²) in [6.45, 7) is 14.0. The summed E-state index contributed by atoms with van der Waals surface area (Å²) in [5, 5.41) is 0.880. The van der Waals surface area contributed by atoms with Crippen molar-refractivity contribution in [2.75, 3.05) is 0 Å². The lowest BCUT2D eigenvalue weighted by atomic mass is 9.92. The van der Waals surface area contributed by atoms with Gasteiger partial charge in [0.05, 0.1) is 0 Å². The molecule has 0 atom stereocenters. The van der Waals surface area contributed by atoms with E-state index in [4.69, 9.17) is 26.9 Å². The summed E-state index contributed by atoms with van der Waals surface area (Å²) in [5.74, 6) is -0.375. The molecular weight excluding hydrogens is 386 g/mol. The van der Waals surface area contributed by atoms with Crippen LogP contribution >= 0.6 is 11.6 Å². The number of rotatable bonds is 1. The Bertz CT molecular complexity index is 656. The number of hydrogen-bond donors (Lipinski definition) is 1. The Hall–Kier alpha value is -2.46. The third-order valence-corrected chi connectivity index (χ3v) is 3.88. The number of halogens is 1. The van der Waals surface area contributed by atoms with Crippen molar-refractivity contribution < 1.29 is 14.4 Å². The Balaban J connectivity index is -0.000000349. The number of carbonyl (C=O) groups is 3. The Morgan fingerprint density at radius 1 is 0.828 bits per heavy atom. The average molecular weight is 422 g/mol. The zero-order chi connectivity index (χ0) is 23.2. The molecule has 0 fully saturated rings. The van der Waals surface area contributed by atoms with Crippen molar-refractivity contribution >= 4 is 31.1 Å². The maximum absolute atomic E-state index is 10.5. The van der Waals surface area contributed by atoms with E-state index in [0.29, 0.717) is 5.56 Å². The summed E-state index contributed by atoms with van der Waals surface area (Å²) in [6.07, 6.45) is 5.13. The summed E-state index contributed by atoms with van der Waals surface area (Å²) in [4.78, 5) is 26.5. The summed E-state index contributed by atoms with van der Waals surface area (Å²) in [6, 6.07) is 13.4. The normalized spacial score (nSPS) is 10.0. The fourth-order valence-electron chi connectivity index (χ4n) is 2.42. The molecule has 1 aliphatic carbocycles. The van der Waals surface area contributed by atoms with Gasteiger partial charge in [-0.05, 0) is 68.0 Å². The second-order valence-corrected chi connectivity index (χ2v) is 5.79. The molecule has 0 aliphatic heterocycles. The molecule has 2 aromatic carbocycles. The molecule has 3 rings (SSSR count). The van der Waals surface area contributed by atoms with Gasteiger partial charge in [-0.25, -0.2) is 0 Å². The molecule has 5 heteroatoms. The second kappa shape index (κ2) is 21.8. The molecule has 0 aromatic heterocycles. The zero-order valence-electron chi connectivity index (χ0n) is 18.5. The maximum Gasteiger partial charge on any atom is 0.248 e. The molecule has 0 spiro atoms. The van der Waals surface area contributed by atoms with Gasteiger partial charge in [-0.1, -0.05) is 63.1 Å². The monoisotopic (exact) mass is 421 g/mol. The lowest BCUT2D eigenvalue weighted by Crippen LogP contribution is -2.10. The van der Waals surface area contributed by atoms with E-state index in [1.165, 1.54) is 36.8 Å². The number of nitrogens with two attached hydrogens (primary N) is 1. The van der Waals surface area contributed by atoms with E-state index in [1.54, 1.807) is 12.1 Å². The minimum absolute atomic E-state index is 0.375. The van der Waals surface area contributed by atoms with Crippen molar-refractivity contribution in [3.05, 3.63) is 69.7 Å². The molecule has 0 bridgehead atoms. The second-order valence-electron chi connectivity index (χ2n) is 5.35. The van der Waals surface area contributed by atoms with E-state index in [-0.39, 0.29) is 5.91 Å². The lowest BCUT2D eigenvalue weighted by Gasteiger charge is -2.14. The molecule has 0 radical (unpaired) electrons. The Labute approximate surface area is 181 Å². The predicted octanol–water partition coefficient (Wildman–Crippen LogP) is 6.00. The van der Waals surface area contributed by atoms with Gasteiger partial charge in [0.15, 0.2) is 0 Å². The van der Waals surface area contributed by atoms with Gasteiger partial charge < -0.3 is 15.3 Å². The molecule has 29 heavy (non-hydrogen) atoms. The quantitative estimate of drug-likeness (QED) is 0.613. The SMILES string of the molecule is C=O.C=O.CC.CC.Cc1ccc(C(N)=O)cc1.Clc1ccc2c(c1)CCCC2. The van der Waals surface area contributed by atoms with Gasteiger partial charge in [0.1, 0.15) is 13.6 Å². The number of benzene rings is 2. The van der Waals surface area contributed by atoms with E-state index >= 15 is 0 Å². The molecule has 1 aliphatic rings. The molecule has 2 aromatic rings. The van der Waals surface area contributed by atoms with Gasteiger partial charge in [-0.2, -0.15) is 0 Å². The first-order valence-corrected chi connectivity index (χ1v) is 10.2. The topological polar surface area (TPSA) is 77.2 Å². The molecule has 1 amide bonds. The van der Waals surface area contributed by atoms with Crippen LogP contribution in [0.4, 0.5) is 0 Å².